The number of carbonyl (C=O) groups is 2. The van der Waals surface area contributed by atoms with Crippen LogP contribution >= 0.6 is 11.6 Å². The predicted octanol–water partition coefficient (Wildman–Crippen LogP) is 1.58. The SMILES string of the molecule is C#CCN(CC(=O)O)C(=O)NCc1c(Cl)cccc1OC. The Morgan fingerprint density at radius 3 is 2.81 bits per heavy atom. The molecule has 2 amide bonds. The number of ether oxygens (including phenoxy) is 1. The second-order valence-electron chi connectivity index (χ2n) is 4.03. The molecule has 1 rings (SSSR count). The summed E-state index contributed by atoms with van der Waals surface area (Å²) in [7, 11) is 1.49. The van der Waals surface area contributed by atoms with Crippen LogP contribution in [0.15, 0.2) is 18.2 Å². The zero-order chi connectivity index (χ0) is 15.8. The highest BCUT2D eigenvalue weighted by Gasteiger charge is 2.16. The minimum atomic E-state index is -1.14. The molecule has 0 aliphatic heterocycles. The van der Waals surface area contributed by atoms with E-state index >= 15 is 0 Å². The molecular weight excluding hydrogens is 296 g/mol. The first-order valence-corrected chi connectivity index (χ1v) is 6.36. The van der Waals surface area contributed by atoms with Gasteiger partial charge in [-0.1, -0.05) is 23.6 Å². The van der Waals surface area contributed by atoms with Crippen molar-refractivity contribution in [2.45, 2.75) is 6.54 Å². The molecule has 0 heterocycles. The third-order valence-corrected chi connectivity index (χ3v) is 2.96. The van der Waals surface area contributed by atoms with Crippen molar-refractivity contribution in [1.82, 2.24) is 10.2 Å². The number of halogens is 1. The fraction of sp³-hybridized carbons (Fsp3) is 0.286. The van der Waals surface area contributed by atoms with Crippen molar-refractivity contribution in [2.75, 3.05) is 20.2 Å². The van der Waals surface area contributed by atoms with Crippen molar-refractivity contribution in [3.63, 3.8) is 0 Å². The molecule has 0 saturated carbocycles. The number of benzene rings is 1. The average molecular weight is 311 g/mol. The summed E-state index contributed by atoms with van der Waals surface area (Å²) in [5, 5.41) is 11.7. The number of amides is 2. The van der Waals surface area contributed by atoms with Crippen LogP contribution in [0.5, 0.6) is 5.75 Å². The second kappa shape index (κ2) is 8.02. The number of carboxylic acids is 1. The van der Waals surface area contributed by atoms with Crippen LogP contribution in [0.4, 0.5) is 4.79 Å². The van der Waals surface area contributed by atoms with Gasteiger partial charge in [0.05, 0.1) is 13.7 Å². The Hall–Kier alpha value is -2.39. The lowest BCUT2D eigenvalue weighted by Crippen LogP contribution is -2.42. The second-order valence-corrected chi connectivity index (χ2v) is 4.44. The molecule has 0 bridgehead atoms. The monoisotopic (exact) mass is 310 g/mol. The Morgan fingerprint density at radius 1 is 1.52 bits per heavy atom. The number of nitrogens with zero attached hydrogens (tertiary/aromatic N) is 1. The van der Waals surface area contributed by atoms with Crippen molar-refractivity contribution in [1.29, 1.82) is 0 Å². The zero-order valence-corrected chi connectivity index (χ0v) is 12.2. The molecule has 1 aromatic carbocycles. The van der Waals surface area contributed by atoms with Gasteiger partial charge in [0.1, 0.15) is 12.3 Å². The lowest BCUT2D eigenvalue weighted by atomic mass is 10.2. The van der Waals surface area contributed by atoms with E-state index in [0.29, 0.717) is 16.3 Å². The van der Waals surface area contributed by atoms with E-state index in [4.69, 9.17) is 27.9 Å². The van der Waals surface area contributed by atoms with E-state index in [1.54, 1.807) is 18.2 Å². The first-order chi connectivity index (χ1) is 9.99. The van der Waals surface area contributed by atoms with Crippen LogP contribution in [0.25, 0.3) is 0 Å². The highest BCUT2D eigenvalue weighted by Crippen LogP contribution is 2.25. The molecule has 0 fully saturated rings. The maximum absolute atomic E-state index is 11.9. The van der Waals surface area contributed by atoms with Gasteiger partial charge in [0, 0.05) is 17.1 Å². The molecule has 0 spiro atoms. The van der Waals surface area contributed by atoms with E-state index in [1.807, 2.05) is 0 Å². The van der Waals surface area contributed by atoms with E-state index in [9.17, 15) is 9.59 Å². The minimum Gasteiger partial charge on any atom is -0.496 e. The summed E-state index contributed by atoms with van der Waals surface area (Å²) in [6, 6.07) is 4.52. The Labute approximate surface area is 127 Å². The van der Waals surface area contributed by atoms with Gasteiger partial charge in [0.25, 0.3) is 0 Å². The Kier molecular flexibility index (Phi) is 6.37. The van der Waals surface area contributed by atoms with Gasteiger partial charge in [-0.3, -0.25) is 4.79 Å². The highest BCUT2D eigenvalue weighted by atomic mass is 35.5. The maximum Gasteiger partial charge on any atom is 0.323 e. The Morgan fingerprint density at radius 2 is 2.24 bits per heavy atom. The van der Waals surface area contributed by atoms with Crippen LogP contribution in [0.1, 0.15) is 5.56 Å². The number of aliphatic carboxylic acids is 1. The van der Waals surface area contributed by atoms with E-state index in [2.05, 4.69) is 11.2 Å². The number of carbonyl (C=O) groups excluding carboxylic acids is 1. The average Bonchev–Trinajstić information content (AvgIpc) is 2.44. The first kappa shape index (κ1) is 16.7. The Bertz CT molecular complexity index is 569. The van der Waals surface area contributed by atoms with Gasteiger partial charge in [0.15, 0.2) is 0 Å². The highest BCUT2D eigenvalue weighted by molar-refractivity contribution is 6.31. The lowest BCUT2D eigenvalue weighted by Gasteiger charge is -2.19. The van der Waals surface area contributed by atoms with Gasteiger partial charge in [-0.25, -0.2) is 4.79 Å². The normalized spacial score (nSPS) is 9.57. The van der Waals surface area contributed by atoms with Crippen LogP contribution in [-0.4, -0.2) is 42.2 Å². The van der Waals surface area contributed by atoms with Gasteiger partial charge in [-0.15, -0.1) is 6.42 Å². The fourth-order valence-corrected chi connectivity index (χ4v) is 1.88. The molecule has 0 radical (unpaired) electrons. The van der Waals surface area contributed by atoms with Gasteiger partial charge in [-0.2, -0.15) is 0 Å². The number of nitrogens with one attached hydrogen (secondary N) is 1. The minimum absolute atomic E-state index is 0.0994. The molecule has 1 aromatic rings. The molecule has 0 saturated heterocycles. The Balaban J connectivity index is 2.75. The summed E-state index contributed by atoms with van der Waals surface area (Å²) in [6.07, 6.45) is 5.11. The van der Waals surface area contributed by atoms with Crippen LogP contribution in [-0.2, 0) is 11.3 Å². The van der Waals surface area contributed by atoms with Crippen LogP contribution in [0, 0.1) is 12.3 Å². The fourth-order valence-electron chi connectivity index (χ4n) is 1.65. The molecule has 2 N–H and O–H groups in total. The third-order valence-electron chi connectivity index (χ3n) is 2.61. The number of urea groups is 1. The largest absolute Gasteiger partial charge is 0.496 e. The number of terminal acetylenes is 1. The number of rotatable bonds is 6. The summed E-state index contributed by atoms with van der Waals surface area (Å²) in [5.74, 6) is 1.63. The lowest BCUT2D eigenvalue weighted by molar-refractivity contribution is -0.137. The van der Waals surface area contributed by atoms with Crippen molar-refractivity contribution < 1.29 is 19.4 Å². The zero-order valence-electron chi connectivity index (χ0n) is 11.4. The van der Waals surface area contributed by atoms with Crippen molar-refractivity contribution in [2.24, 2.45) is 0 Å². The number of hydrogen-bond donors (Lipinski definition) is 2. The predicted molar refractivity (Wildman–Crippen MR) is 78.3 cm³/mol. The molecule has 0 aliphatic carbocycles. The van der Waals surface area contributed by atoms with E-state index in [-0.39, 0.29) is 13.1 Å². The molecule has 6 nitrogen and oxygen atoms in total. The van der Waals surface area contributed by atoms with Gasteiger partial charge >= 0.3 is 12.0 Å². The van der Waals surface area contributed by atoms with E-state index < -0.39 is 18.5 Å². The van der Waals surface area contributed by atoms with Crippen molar-refractivity contribution in [3.05, 3.63) is 28.8 Å². The van der Waals surface area contributed by atoms with Crippen LogP contribution in [0.3, 0.4) is 0 Å². The van der Waals surface area contributed by atoms with Gasteiger partial charge < -0.3 is 20.1 Å². The summed E-state index contributed by atoms with van der Waals surface area (Å²) < 4.78 is 5.16. The van der Waals surface area contributed by atoms with Crippen molar-refractivity contribution >= 4 is 23.6 Å². The molecule has 112 valence electrons. The number of carboxylic acid groups (broad SMARTS) is 1. The smallest absolute Gasteiger partial charge is 0.323 e. The topological polar surface area (TPSA) is 78.9 Å². The van der Waals surface area contributed by atoms with Crippen LogP contribution < -0.4 is 10.1 Å². The first-order valence-electron chi connectivity index (χ1n) is 5.99. The molecule has 0 aliphatic rings. The molecular formula is C14H15ClN2O4. The van der Waals surface area contributed by atoms with Crippen LogP contribution in [0.2, 0.25) is 5.02 Å². The molecule has 7 heteroatoms. The van der Waals surface area contributed by atoms with E-state index in [0.717, 1.165) is 4.90 Å². The third kappa shape index (κ3) is 4.89. The quantitative estimate of drug-likeness (QED) is 0.782. The van der Waals surface area contributed by atoms with Crippen molar-refractivity contribution in [3.8, 4) is 18.1 Å². The van der Waals surface area contributed by atoms with Gasteiger partial charge in [0.2, 0.25) is 0 Å². The molecule has 0 unspecified atom stereocenters. The number of methoxy groups -OCH3 is 1. The summed E-state index contributed by atoms with van der Waals surface area (Å²) >= 11 is 6.05. The maximum atomic E-state index is 11.9. The van der Waals surface area contributed by atoms with Gasteiger partial charge in [-0.05, 0) is 12.1 Å². The molecule has 0 atom stereocenters. The molecule has 21 heavy (non-hydrogen) atoms. The summed E-state index contributed by atoms with van der Waals surface area (Å²) in [5.41, 5.74) is 0.603. The number of hydrogen-bond acceptors (Lipinski definition) is 3. The summed E-state index contributed by atoms with van der Waals surface area (Å²) in [4.78, 5) is 23.6. The summed E-state index contributed by atoms with van der Waals surface area (Å²) in [6.45, 7) is -0.476. The van der Waals surface area contributed by atoms with E-state index in [1.165, 1.54) is 7.11 Å². The standard InChI is InChI=1S/C14H15ClN2O4/c1-3-7-17(9-13(18)19)14(20)16-8-10-11(15)5-4-6-12(10)21-2/h1,4-6H,7-9H2,2H3,(H,16,20)(H,18,19). The molecule has 0 aromatic heterocycles.